The number of hydrogen-bond acceptors (Lipinski definition) is 14. The highest BCUT2D eigenvalue weighted by molar-refractivity contribution is 5.79. The summed E-state index contributed by atoms with van der Waals surface area (Å²) in [5, 5.41) is 12.7. The van der Waals surface area contributed by atoms with Crippen molar-refractivity contribution in [3.63, 3.8) is 0 Å². The second kappa shape index (κ2) is 16.9. The Morgan fingerprint density at radius 3 is 1.70 bits per heavy atom. The van der Waals surface area contributed by atoms with Gasteiger partial charge in [0.25, 0.3) is 0 Å². The van der Waals surface area contributed by atoms with Crippen molar-refractivity contribution in [2.45, 2.75) is 159 Å². The molecule has 0 spiro atoms. The summed E-state index contributed by atoms with van der Waals surface area (Å²) in [4.78, 5) is 19.1. The lowest BCUT2D eigenvalue weighted by atomic mass is 9.87. The standard InChI is InChI=1S/C24H40N4O5.C17H32N2O4/c1-17-15-31-24(21(20(17)30-5)32-22(2,3)33-24)16-27-11-8-23(4,9-12-27)26-14-19(29)28-10-6-7-18(28)13-25;1-12-10-21-17(11-19-8-6-16(4,18)7-9-19)14(13(12)20-5)22-15(2,3)23-17/h17-18,20-21,26H,6-12,14-16H2,1-5H3;12-14H,6-11,18H2,1-5H3/t17-,18+,20?,21+,24+;12-,13?,14+,17+/m11/s1. The summed E-state index contributed by atoms with van der Waals surface area (Å²) in [6, 6.07) is 1.98. The highest BCUT2D eigenvalue weighted by Crippen LogP contribution is 2.46. The highest BCUT2D eigenvalue weighted by Gasteiger charge is 2.63. The van der Waals surface area contributed by atoms with Crippen LogP contribution in [0.25, 0.3) is 0 Å². The van der Waals surface area contributed by atoms with Crippen LogP contribution in [0, 0.1) is 23.2 Å². The Bertz CT molecular complexity index is 1390. The van der Waals surface area contributed by atoms with Crippen LogP contribution in [-0.4, -0.2) is 165 Å². The summed E-state index contributed by atoms with van der Waals surface area (Å²) in [6.45, 7) is 23.5. The van der Waals surface area contributed by atoms with Crippen molar-refractivity contribution in [1.82, 2.24) is 20.0 Å². The molecule has 0 bridgehead atoms. The van der Waals surface area contributed by atoms with Gasteiger partial charge in [-0.05, 0) is 80.1 Å². The van der Waals surface area contributed by atoms with Crippen LogP contribution in [0.2, 0.25) is 0 Å². The normalized spacial score (nSPS) is 40.2. The molecule has 15 heteroatoms. The minimum atomic E-state index is -0.837. The van der Waals surface area contributed by atoms with Crippen molar-refractivity contribution < 1.29 is 42.7 Å². The number of likely N-dealkylation sites (tertiary alicyclic amines) is 3. The number of nitrogens with zero attached hydrogens (tertiary/aromatic N) is 4. The lowest BCUT2D eigenvalue weighted by Crippen LogP contribution is -2.63. The molecular formula is C41H72N6O9. The second-order valence-corrected chi connectivity index (χ2v) is 19.2. The smallest absolute Gasteiger partial charge is 0.237 e. The first kappa shape index (κ1) is 44.0. The molecule has 7 saturated heterocycles. The van der Waals surface area contributed by atoms with Gasteiger partial charge in [-0.15, -0.1) is 0 Å². The van der Waals surface area contributed by atoms with Gasteiger partial charge in [0, 0.05) is 69.9 Å². The zero-order chi connectivity index (χ0) is 40.7. The number of rotatable bonds is 9. The lowest BCUT2D eigenvalue weighted by Gasteiger charge is -2.47. The van der Waals surface area contributed by atoms with E-state index < -0.39 is 23.1 Å². The van der Waals surface area contributed by atoms with Gasteiger partial charge in [0.15, 0.2) is 11.6 Å². The highest BCUT2D eigenvalue weighted by atomic mass is 16.9. The van der Waals surface area contributed by atoms with Gasteiger partial charge in [-0.2, -0.15) is 5.26 Å². The molecule has 1 amide bonds. The Hall–Kier alpha value is -1.52. The number of fused-ring (bicyclic) bond motifs is 2. The molecule has 0 aliphatic carbocycles. The molecule has 7 fully saturated rings. The summed E-state index contributed by atoms with van der Waals surface area (Å²) in [5.41, 5.74) is 6.07. The van der Waals surface area contributed by atoms with E-state index in [-0.39, 0.29) is 65.8 Å². The lowest BCUT2D eigenvalue weighted by molar-refractivity contribution is -0.292. The Kier molecular flexibility index (Phi) is 13.3. The van der Waals surface area contributed by atoms with Crippen LogP contribution in [0.3, 0.4) is 0 Å². The first-order valence-corrected chi connectivity index (χ1v) is 21.0. The van der Waals surface area contributed by atoms with Crippen LogP contribution in [0.15, 0.2) is 0 Å². The largest absolute Gasteiger partial charge is 0.378 e. The van der Waals surface area contributed by atoms with E-state index in [0.29, 0.717) is 32.8 Å². The summed E-state index contributed by atoms with van der Waals surface area (Å²) in [5.74, 6) is -2.44. The predicted molar refractivity (Wildman–Crippen MR) is 208 cm³/mol. The van der Waals surface area contributed by atoms with Crippen molar-refractivity contribution in [2.24, 2.45) is 17.6 Å². The molecule has 3 N–H and O–H groups in total. The number of piperidine rings is 2. The molecule has 7 heterocycles. The van der Waals surface area contributed by atoms with Crippen LogP contribution in [0.4, 0.5) is 0 Å². The summed E-state index contributed by atoms with van der Waals surface area (Å²) < 4.78 is 49.2. The molecule has 0 radical (unpaired) electrons. The van der Waals surface area contributed by atoms with Crippen LogP contribution in [-0.2, 0) is 42.7 Å². The monoisotopic (exact) mass is 793 g/mol. The Morgan fingerprint density at radius 2 is 1.25 bits per heavy atom. The molecule has 7 aliphatic heterocycles. The molecular weight excluding hydrogens is 720 g/mol. The van der Waals surface area contributed by atoms with Crippen molar-refractivity contribution in [1.29, 1.82) is 5.26 Å². The number of nitrogens with one attached hydrogen (secondary N) is 1. The van der Waals surface area contributed by atoms with Crippen LogP contribution in [0.1, 0.15) is 93.9 Å². The van der Waals surface area contributed by atoms with Gasteiger partial charge >= 0.3 is 0 Å². The summed E-state index contributed by atoms with van der Waals surface area (Å²) >= 11 is 0. The van der Waals surface area contributed by atoms with E-state index >= 15 is 0 Å². The number of ether oxygens (including phenoxy) is 8. The summed E-state index contributed by atoms with van der Waals surface area (Å²) in [6.07, 6.45) is 4.91. The van der Waals surface area contributed by atoms with Gasteiger partial charge in [0.05, 0.1) is 51.1 Å². The molecule has 7 rings (SSSR count). The fourth-order valence-electron chi connectivity index (χ4n) is 9.84. The van der Waals surface area contributed by atoms with Crippen molar-refractivity contribution in [2.75, 3.05) is 79.8 Å². The number of nitriles is 1. The number of hydrogen-bond donors (Lipinski definition) is 2. The number of methoxy groups -OCH3 is 2. The average molecular weight is 793 g/mol. The average Bonchev–Trinajstić information content (AvgIpc) is 3.80. The van der Waals surface area contributed by atoms with Gasteiger partial charge in [-0.25, -0.2) is 0 Å². The molecule has 2 unspecified atom stereocenters. The van der Waals surface area contributed by atoms with Gasteiger partial charge < -0.3 is 53.8 Å². The molecule has 56 heavy (non-hydrogen) atoms. The van der Waals surface area contributed by atoms with Crippen molar-refractivity contribution >= 4 is 5.91 Å². The SMILES string of the molecule is COC1[C@H](C)CO[C@@]2(CN3CCC(C)(N)CC3)OC(C)(C)O[C@@H]12.COC1[C@H](C)CO[C@@]2(CN3CCC(C)(NCC(=O)N4CCC[C@H]4C#N)CC3)OC(C)(C)O[C@@H]12. The molecule has 0 saturated carbocycles. The molecule has 9 atom stereocenters. The first-order chi connectivity index (χ1) is 26.3. The van der Waals surface area contributed by atoms with E-state index in [1.54, 1.807) is 19.1 Å². The molecule has 7 aliphatic rings. The molecule has 0 aromatic carbocycles. The van der Waals surface area contributed by atoms with E-state index in [1.165, 1.54) is 0 Å². The molecule has 0 aromatic heterocycles. The van der Waals surface area contributed by atoms with Gasteiger partial charge in [-0.3, -0.25) is 14.6 Å². The molecule has 15 nitrogen and oxygen atoms in total. The molecule has 320 valence electrons. The van der Waals surface area contributed by atoms with E-state index in [1.807, 2.05) is 27.7 Å². The van der Waals surface area contributed by atoms with E-state index in [2.05, 4.69) is 48.9 Å². The van der Waals surface area contributed by atoms with Crippen LogP contribution < -0.4 is 11.1 Å². The van der Waals surface area contributed by atoms with E-state index in [9.17, 15) is 10.1 Å². The topological polar surface area (TPSA) is 162 Å². The minimum absolute atomic E-state index is 0.0184. The third-order valence-corrected chi connectivity index (χ3v) is 13.2. The first-order valence-electron chi connectivity index (χ1n) is 21.0. The number of carbonyl (C=O) groups excluding carboxylic acids is 1. The zero-order valence-corrected chi connectivity index (χ0v) is 35.9. The Balaban J connectivity index is 0.000000202. The molecule has 0 aromatic rings. The maximum atomic E-state index is 12.6. The third-order valence-electron chi connectivity index (χ3n) is 13.2. The minimum Gasteiger partial charge on any atom is -0.378 e. The van der Waals surface area contributed by atoms with Gasteiger partial charge in [0.2, 0.25) is 17.5 Å². The number of nitrogens with two attached hydrogens (primary N) is 1. The Morgan fingerprint density at radius 1 is 0.786 bits per heavy atom. The zero-order valence-electron chi connectivity index (χ0n) is 35.9. The quantitative estimate of drug-likeness (QED) is 0.351. The Labute approximate surface area is 335 Å². The summed E-state index contributed by atoms with van der Waals surface area (Å²) in [7, 11) is 3.47. The van der Waals surface area contributed by atoms with Crippen LogP contribution in [0.5, 0.6) is 0 Å². The maximum absolute atomic E-state index is 12.6. The van der Waals surface area contributed by atoms with E-state index in [0.717, 1.165) is 64.7 Å². The van der Waals surface area contributed by atoms with Gasteiger partial charge in [-0.1, -0.05) is 13.8 Å². The number of amides is 1. The van der Waals surface area contributed by atoms with E-state index in [4.69, 9.17) is 43.6 Å². The van der Waals surface area contributed by atoms with Crippen molar-refractivity contribution in [3.05, 3.63) is 0 Å². The predicted octanol–water partition coefficient (Wildman–Crippen LogP) is 2.80. The third kappa shape index (κ3) is 9.58. The van der Waals surface area contributed by atoms with Gasteiger partial charge in [0.1, 0.15) is 18.2 Å². The second-order valence-electron chi connectivity index (χ2n) is 19.2. The van der Waals surface area contributed by atoms with Crippen molar-refractivity contribution in [3.8, 4) is 6.07 Å². The van der Waals surface area contributed by atoms with Crippen LogP contribution >= 0.6 is 0 Å². The fourth-order valence-corrected chi connectivity index (χ4v) is 9.84. The number of carbonyl (C=O) groups is 1. The fraction of sp³-hybridized carbons (Fsp3) is 0.951. The maximum Gasteiger partial charge on any atom is 0.237 e.